The number of pyridine rings is 1. The van der Waals surface area contributed by atoms with E-state index in [1.165, 1.54) is 0 Å². The number of hydrogen-bond donors (Lipinski definition) is 1. The van der Waals surface area contributed by atoms with E-state index in [1.54, 1.807) is 23.2 Å². The van der Waals surface area contributed by atoms with Crippen molar-refractivity contribution in [2.45, 2.75) is 46.1 Å². The number of carbonyl (C=O) groups is 1. The van der Waals surface area contributed by atoms with Crippen LogP contribution in [0.15, 0.2) is 23.1 Å². The summed E-state index contributed by atoms with van der Waals surface area (Å²) in [7, 11) is 0. The lowest BCUT2D eigenvalue weighted by Gasteiger charge is -2.25. The maximum atomic E-state index is 12.9. The van der Waals surface area contributed by atoms with Crippen LogP contribution in [0.4, 0.5) is 0 Å². The maximum Gasteiger partial charge on any atom is 0.256 e. The number of aryl methyl sites for hydroxylation is 2. The highest BCUT2D eigenvalue weighted by molar-refractivity contribution is 5.95. The summed E-state index contributed by atoms with van der Waals surface area (Å²) in [5, 5.41) is 0. The SMILES string of the molecule is CCc1c(C)nc([C@H]2CCCN2C(=O)c2cccnc2C)[nH]c1=O. The number of H-pyrrole nitrogens is 1. The number of nitrogens with one attached hydrogen (secondary N) is 1. The molecule has 0 radical (unpaired) electrons. The summed E-state index contributed by atoms with van der Waals surface area (Å²) in [5.74, 6) is 0.532. The van der Waals surface area contributed by atoms with E-state index in [1.807, 2.05) is 20.8 Å². The fraction of sp³-hybridized carbons (Fsp3) is 0.444. The molecule has 1 atom stereocenters. The second kappa shape index (κ2) is 6.55. The van der Waals surface area contributed by atoms with E-state index in [9.17, 15) is 9.59 Å². The van der Waals surface area contributed by atoms with Crippen molar-refractivity contribution >= 4 is 5.91 Å². The summed E-state index contributed by atoms with van der Waals surface area (Å²) in [6.45, 7) is 6.29. The molecule has 3 heterocycles. The fourth-order valence-electron chi connectivity index (χ4n) is 3.37. The first-order valence-electron chi connectivity index (χ1n) is 8.35. The normalized spacial score (nSPS) is 17.3. The van der Waals surface area contributed by atoms with Crippen molar-refractivity contribution in [1.29, 1.82) is 0 Å². The van der Waals surface area contributed by atoms with Crippen molar-refractivity contribution in [3.05, 3.63) is 57.0 Å². The zero-order valence-electron chi connectivity index (χ0n) is 14.3. The lowest BCUT2D eigenvalue weighted by Crippen LogP contribution is -2.33. The van der Waals surface area contributed by atoms with Gasteiger partial charge < -0.3 is 9.88 Å². The summed E-state index contributed by atoms with van der Waals surface area (Å²) >= 11 is 0. The molecule has 0 bridgehead atoms. The van der Waals surface area contributed by atoms with Crippen molar-refractivity contribution in [2.75, 3.05) is 6.54 Å². The van der Waals surface area contributed by atoms with Gasteiger partial charge in [-0.1, -0.05) is 6.92 Å². The summed E-state index contributed by atoms with van der Waals surface area (Å²) in [6, 6.07) is 3.38. The molecule has 0 saturated carbocycles. The van der Waals surface area contributed by atoms with Gasteiger partial charge in [-0.25, -0.2) is 4.98 Å². The highest BCUT2D eigenvalue weighted by atomic mass is 16.2. The molecule has 24 heavy (non-hydrogen) atoms. The average Bonchev–Trinajstić information content (AvgIpc) is 3.04. The molecule has 2 aromatic heterocycles. The molecule has 6 nitrogen and oxygen atoms in total. The largest absolute Gasteiger partial charge is 0.328 e. The quantitative estimate of drug-likeness (QED) is 0.939. The van der Waals surface area contributed by atoms with E-state index in [2.05, 4.69) is 15.0 Å². The second-order valence-corrected chi connectivity index (χ2v) is 6.16. The summed E-state index contributed by atoms with van der Waals surface area (Å²) in [5.41, 5.74) is 2.67. The Hall–Kier alpha value is -2.50. The Bertz CT molecular complexity index is 828. The molecule has 6 heteroatoms. The predicted octanol–water partition coefficient (Wildman–Crippen LogP) is 2.32. The predicted molar refractivity (Wildman–Crippen MR) is 91.0 cm³/mol. The molecular weight excluding hydrogens is 304 g/mol. The van der Waals surface area contributed by atoms with Gasteiger partial charge in [-0.15, -0.1) is 0 Å². The van der Waals surface area contributed by atoms with E-state index < -0.39 is 0 Å². The average molecular weight is 326 g/mol. The Morgan fingerprint density at radius 3 is 2.83 bits per heavy atom. The van der Waals surface area contributed by atoms with E-state index in [4.69, 9.17) is 0 Å². The van der Waals surface area contributed by atoms with E-state index in [0.717, 1.165) is 18.5 Å². The summed E-state index contributed by atoms with van der Waals surface area (Å²) < 4.78 is 0. The number of aromatic amines is 1. The summed E-state index contributed by atoms with van der Waals surface area (Å²) in [6.07, 6.45) is 4.03. The highest BCUT2D eigenvalue weighted by Crippen LogP contribution is 2.31. The van der Waals surface area contributed by atoms with Gasteiger partial charge in [-0.3, -0.25) is 14.6 Å². The monoisotopic (exact) mass is 326 g/mol. The van der Waals surface area contributed by atoms with Gasteiger partial charge in [-0.2, -0.15) is 0 Å². The van der Waals surface area contributed by atoms with Crippen LogP contribution in [-0.4, -0.2) is 32.3 Å². The van der Waals surface area contributed by atoms with Crippen molar-refractivity contribution in [3.8, 4) is 0 Å². The first-order valence-corrected chi connectivity index (χ1v) is 8.35. The van der Waals surface area contributed by atoms with E-state index >= 15 is 0 Å². The molecule has 2 aromatic rings. The third kappa shape index (κ3) is 2.84. The molecule has 0 spiro atoms. The van der Waals surface area contributed by atoms with Crippen LogP contribution in [-0.2, 0) is 6.42 Å². The molecular formula is C18H22N4O2. The van der Waals surface area contributed by atoms with E-state index in [-0.39, 0.29) is 17.5 Å². The van der Waals surface area contributed by atoms with Crippen LogP contribution in [0.1, 0.15) is 58.9 Å². The Morgan fingerprint density at radius 1 is 1.38 bits per heavy atom. The highest BCUT2D eigenvalue weighted by Gasteiger charge is 2.33. The molecule has 1 saturated heterocycles. The number of hydrogen-bond acceptors (Lipinski definition) is 4. The van der Waals surface area contributed by atoms with Crippen LogP contribution >= 0.6 is 0 Å². The third-order valence-corrected chi connectivity index (χ3v) is 4.66. The van der Waals surface area contributed by atoms with Crippen molar-refractivity contribution < 1.29 is 4.79 Å². The first-order chi connectivity index (χ1) is 11.5. The van der Waals surface area contributed by atoms with Crippen LogP contribution in [0.5, 0.6) is 0 Å². The molecule has 1 amide bonds. The number of rotatable bonds is 3. The van der Waals surface area contributed by atoms with Gasteiger partial charge >= 0.3 is 0 Å². The number of aromatic nitrogens is 3. The van der Waals surface area contributed by atoms with Crippen LogP contribution in [0.3, 0.4) is 0 Å². The van der Waals surface area contributed by atoms with Gasteiger partial charge in [0.05, 0.1) is 11.6 Å². The second-order valence-electron chi connectivity index (χ2n) is 6.16. The van der Waals surface area contributed by atoms with Gasteiger partial charge in [0.15, 0.2) is 0 Å². The Balaban J connectivity index is 1.96. The summed E-state index contributed by atoms with van der Waals surface area (Å²) in [4.78, 5) is 38.6. The van der Waals surface area contributed by atoms with Crippen molar-refractivity contribution in [2.24, 2.45) is 0 Å². The Labute approximate surface area is 141 Å². The van der Waals surface area contributed by atoms with Gasteiger partial charge in [0.25, 0.3) is 11.5 Å². The molecule has 3 rings (SSSR count). The topological polar surface area (TPSA) is 79.0 Å². The fourth-order valence-corrected chi connectivity index (χ4v) is 3.37. The minimum absolute atomic E-state index is 0.0528. The molecule has 1 N–H and O–H groups in total. The van der Waals surface area contributed by atoms with Gasteiger partial charge in [0, 0.05) is 29.7 Å². The van der Waals surface area contributed by atoms with Crippen LogP contribution < -0.4 is 5.56 Å². The van der Waals surface area contributed by atoms with Crippen LogP contribution in [0.25, 0.3) is 0 Å². The number of amides is 1. The van der Waals surface area contributed by atoms with Gasteiger partial charge in [0.2, 0.25) is 0 Å². The molecule has 126 valence electrons. The zero-order valence-corrected chi connectivity index (χ0v) is 14.3. The lowest BCUT2D eigenvalue weighted by atomic mass is 10.1. The standard InChI is InChI=1S/C18H22N4O2/c1-4-13-12(3)20-16(21-17(13)23)15-8-6-10-22(15)18(24)14-7-5-9-19-11(14)2/h5,7,9,15H,4,6,8,10H2,1-3H3,(H,20,21,23)/t15-/m1/s1. The lowest BCUT2D eigenvalue weighted by molar-refractivity contribution is 0.0728. The van der Waals surface area contributed by atoms with Crippen molar-refractivity contribution in [1.82, 2.24) is 19.9 Å². The zero-order chi connectivity index (χ0) is 17.3. The van der Waals surface area contributed by atoms with Crippen molar-refractivity contribution in [3.63, 3.8) is 0 Å². The first kappa shape index (κ1) is 16.4. The molecule has 0 aliphatic carbocycles. The van der Waals surface area contributed by atoms with E-state index in [0.29, 0.717) is 35.6 Å². The van der Waals surface area contributed by atoms with Crippen LogP contribution in [0, 0.1) is 13.8 Å². The van der Waals surface area contributed by atoms with Gasteiger partial charge in [0.1, 0.15) is 5.82 Å². The maximum absolute atomic E-state index is 12.9. The molecule has 0 unspecified atom stereocenters. The number of carbonyl (C=O) groups excluding carboxylic acids is 1. The third-order valence-electron chi connectivity index (χ3n) is 4.66. The van der Waals surface area contributed by atoms with Gasteiger partial charge in [-0.05, 0) is 45.2 Å². The molecule has 0 aromatic carbocycles. The molecule has 1 aliphatic heterocycles. The number of nitrogens with zero attached hydrogens (tertiary/aromatic N) is 3. The molecule has 1 fully saturated rings. The Morgan fingerprint density at radius 2 is 2.17 bits per heavy atom. The minimum atomic E-state index is -0.186. The minimum Gasteiger partial charge on any atom is -0.328 e. The van der Waals surface area contributed by atoms with Crippen LogP contribution in [0.2, 0.25) is 0 Å². The Kier molecular flexibility index (Phi) is 4.46. The smallest absolute Gasteiger partial charge is 0.256 e. The molecule has 1 aliphatic rings. The number of likely N-dealkylation sites (tertiary alicyclic amines) is 1.